The monoisotopic (exact) mass is 359 g/mol. The second-order valence-electron chi connectivity index (χ2n) is 8.13. The number of likely N-dealkylation sites (tertiary alicyclic amines) is 1. The molecule has 0 bridgehead atoms. The first kappa shape index (κ1) is 19.2. The van der Waals surface area contributed by atoms with E-state index >= 15 is 0 Å². The first-order valence-corrected chi connectivity index (χ1v) is 9.82. The maximum Gasteiger partial charge on any atom is 0.234 e. The number of nitrogens with zero attached hydrogens (tertiary/aromatic N) is 2. The molecule has 0 aromatic heterocycles. The van der Waals surface area contributed by atoms with Crippen LogP contribution in [0, 0.1) is 0 Å². The van der Waals surface area contributed by atoms with Gasteiger partial charge in [-0.25, -0.2) is 0 Å². The fourth-order valence-electron chi connectivity index (χ4n) is 4.47. The van der Waals surface area contributed by atoms with Crippen LogP contribution in [0.1, 0.15) is 37.7 Å². The second-order valence-corrected chi connectivity index (χ2v) is 8.13. The van der Waals surface area contributed by atoms with Crippen molar-refractivity contribution in [1.82, 2.24) is 15.1 Å². The summed E-state index contributed by atoms with van der Waals surface area (Å²) in [5.41, 5.74) is 1.41. The first-order valence-electron chi connectivity index (χ1n) is 9.82. The van der Waals surface area contributed by atoms with Crippen molar-refractivity contribution in [3.63, 3.8) is 0 Å². The molecule has 2 fully saturated rings. The smallest absolute Gasteiger partial charge is 0.234 e. The highest BCUT2D eigenvalue weighted by Crippen LogP contribution is 2.41. The van der Waals surface area contributed by atoms with Crippen LogP contribution in [-0.4, -0.2) is 69.1 Å². The molecule has 1 unspecified atom stereocenters. The van der Waals surface area contributed by atoms with E-state index in [9.17, 15) is 4.79 Å². The van der Waals surface area contributed by atoms with Crippen molar-refractivity contribution in [2.24, 2.45) is 0 Å². The van der Waals surface area contributed by atoms with Gasteiger partial charge in [0.1, 0.15) is 5.75 Å². The number of amides is 1. The lowest BCUT2D eigenvalue weighted by Gasteiger charge is -2.30. The zero-order valence-corrected chi connectivity index (χ0v) is 16.5. The minimum atomic E-state index is 0.0825. The summed E-state index contributed by atoms with van der Waals surface area (Å²) in [6, 6.07) is 8.96. The normalized spacial score (nSPS) is 22.7. The van der Waals surface area contributed by atoms with E-state index in [0.717, 1.165) is 44.6 Å². The van der Waals surface area contributed by atoms with Gasteiger partial charge in [-0.1, -0.05) is 25.0 Å². The highest BCUT2D eigenvalue weighted by molar-refractivity contribution is 5.78. The zero-order valence-electron chi connectivity index (χ0n) is 16.5. The van der Waals surface area contributed by atoms with Crippen LogP contribution in [0.15, 0.2) is 24.3 Å². The number of hydrogen-bond donors (Lipinski definition) is 1. The van der Waals surface area contributed by atoms with Crippen molar-refractivity contribution in [1.29, 1.82) is 0 Å². The molecule has 1 aromatic rings. The van der Waals surface area contributed by atoms with E-state index in [2.05, 4.69) is 41.3 Å². The van der Waals surface area contributed by atoms with Crippen LogP contribution in [0.2, 0.25) is 0 Å². The summed E-state index contributed by atoms with van der Waals surface area (Å²) in [5, 5.41) is 3.24. The van der Waals surface area contributed by atoms with Gasteiger partial charge in [0.05, 0.1) is 13.7 Å². The molecule has 26 heavy (non-hydrogen) atoms. The summed E-state index contributed by atoms with van der Waals surface area (Å²) in [6.45, 7) is 3.26. The highest BCUT2D eigenvalue weighted by Gasteiger charge is 2.36. The number of hydrogen-bond acceptors (Lipinski definition) is 4. The Kier molecular flexibility index (Phi) is 6.20. The largest absolute Gasteiger partial charge is 0.497 e. The lowest BCUT2D eigenvalue weighted by molar-refractivity contribution is -0.122. The number of carbonyl (C=O) groups is 1. The average molecular weight is 360 g/mol. The number of nitrogens with one attached hydrogen (secondary N) is 1. The summed E-state index contributed by atoms with van der Waals surface area (Å²) < 4.78 is 5.28. The van der Waals surface area contributed by atoms with Gasteiger partial charge in [-0.3, -0.25) is 9.69 Å². The molecule has 0 spiro atoms. The molecule has 1 aromatic carbocycles. The molecule has 5 nitrogen and oxygen atoms in total. The Labute approximate surface area is 157 Å². The molecule has 144 valence electrons. The average Bonchev–Trinajstić information content (AvgIpc) is 3.30. The van der Waals surface area contributed by atoms with Gasteiger partial charge in [0, 0.05) is 31.1 Å². The molecule has 1 saturated carbocycles. The van der Waals surface area contributed by atoms with Crippen molar-refractivity contribution >= 4 is 5.91 Å². The minimum absolute atomic E-state index is 0.0825. The van der Waals surface area contributed by atoms with E-state index in [0.29, 0.717) is 12.6 Å². The van der Waals surface area contributed by atoms with Crippen molar-refractivity contribution in [2.75, 3.05) is 47.4 Å². The molecule has 1 N–H and O–H groups in total. The van der Waals surface area contributed by atoms with Gasteiger partial charge < -0.3 is 15.0 Å². The van der Waals surface area contributed by atoms with E-state index in [1.807, 2.05) is 12.1 Å². The molecule has 1 aliphatic carbocycles. The SMILES string of the molecule is COc1ccc(C2(CNC(=O)CN3CCC(N(C)C)C3)CCCC2)cc1. The highest BCUT2D eigenvalue weighted by atomic mass is 16.5. The van der Waals surface area contributed by atoms with E-state index in [1.54, 1.807) is 7.11 Å². The number of methoxy groups -OCH3 is 1. The summed E-state index contributed by atoms with van der Waals surface area (Å²) in [6.07, 6.45) is 5.91. The Morgan fingerprint density at radius 2 is 1.96 bits per heavy atom. The maximum absolute atomic E-state index is 12.5. The molecular formula is C21H33N3O2. The van der Waals surface area contributed by atoms with Crippen LogP contribution in [0.5, 0.6) is 5.75 Å². The van der Waals surface area contributed by atoms with Gasteiger partial charge in [-0.2, -0.15) is 0 Å². The lowest BCUT2D eigenvalue weighted by atomic mass is 9.78. The third-order valence-corrected chi connectivity index (χ3v) is 6.23. The van der Waals surface area contributed by atoms with Crippen LogP contribution in [0.25, 0.3) is 0 Å². The number of benzene rings is 1. The van der Waals surface area contributed by atoms with Crippen molar-refractivity contribution in [3.05, 3.63) is 29.8 Å². The molecule has 1 saturated heterocycles. The molecule has 1 amide bonds. The number of rotatable bonds is 7. The van der Waals surface area contributed by atoms with Crippen LogP contribution >= 0.6 is 0 Å². The predicted octanol–water partition coefficient (Wildman–Crippen LogP) is 2.26. The van der Waals surface area contributed by atoms with Crippen LogP contribution in [0.4, 0.5) is 0 Å². The molecule has 1 heterocycles. The predicted molar refractivity (Wildman–Crippen MR) is 105 cm³/mol. The molecule has 2 aliphatic rings. The van der Waals surface area contributed by atoms with Gasteiger partial charge in [0.25, 0.3) is 0 Å². The lowest BCUT2D eigenvalue weighted by Crippen LogP contribution is -2.43. The molecule has 3 rings (SSSR count). The fraction of sp³-hybridized carbons (Fsp3) is 0.667. The topological polar surface area (TPSA) is 44.8 Å². The summed E-state index contributed by atoms with van der Waals surface area (Å²) in [5.74, 6) is 1.04. The summed E-state index contributed by atoms with van der Waals surface area (Å²) in [7, 11) is 5.93. The molecule has 1 atom stereocenters. The van der Waals surface area contributed by atoms with Crippen molar-refractivity contribution in [2.45, 2.75) is 43.6 Å². The Morgan fingerprint density at radius 3 is 2.54 bits per heavy atom. The van der Waals surface area contributed by atoms with Gasteiger partial charge in [-0.05, 0) is 51.1 Å². The fourth-order valence-corrected chi connectivity index (χ4v) is 4.47. The van der Waals surface area contributed by atoms with Gasteiger partial charge in [0.15, 0.2) is 0 Å². The van der Waals surface area contributed by atoms with Gasteiger partial charge >= 0.3 is 0 Å². The van der Waals surface area contributed by atoms with E-state index in [-0.39, 0.29) is 11.3 Å². The summed E-state index contributed by atoms with van der Waals surface area (Å²) in [4.78, 5) is 17.1. The third-order valence-electron chi connectivity index (χ3n) is 6.23. The van der Waals surface area contributed by atoms with E-state index in [4.69, 9.17) is 4.74 Å². The van der Waals surface area contributed by atoms with Crippen LogP contribution < -0.4 is 10.1 Å². The quantitative estimate of drug-likeness (QED) is 0.811. The van der Waals surface area contributed by atoms with Gasteiger partial charge in [-0.15, -0.1) is 0 Å². The van der Waals surface area contributed by atoms with Crippen molar-refractivity contribution in [3.8, 4) is 5.75 Å². The van der Waals surface area contributed by atoms with E-state index in [1.165, 1.54) is 18.4 Å². The molecule has 1 aliphatic heterocycles. The first-order chi connectivity index (χ1) is 12.5. The number of likely N-dealkylation sites (N-methyl/N-ethyl adjacent to an activating group) is 1. The zero-order chi connectivity index (χ0) is 18.6. The minimum Gasteiger partial charge on any atom is -0.497 e. The van der Waals surface area contributed by atoms with Crippen LogP contribution in [-0.2, 0) is 10.2 Å². The molecule has 5 heteroatoms. The van der Waals surface area contributed by atoms with Crippen LogP contribution in [0.3, 0.4) is 0 Å². The Hall–Kier alpha value is -1.59. The molecular weight excluding hydrogens is 326 g/mol. The molecule has 0 radical (unpaired) electrons. The number of carbonyl (C=O) groups excluding carboxylic acids is 1. The van der Waals surface area contributed by atoms with Crippen molar-refractivity contribution < 1.29 is 9.53 Å². The van der Waals surface area contributed by atoms with E-state index < -0.39 is 0 Å². The number of ether oxygens (including phenoxy) is 1. The standard InChI is InChI=1S/C21H33N3O2/c1-23(2)18-10-13-24(14-18)15-20(25)22-16-21(11-4-5-12-21)17-6-8-19(26-3)9-7-17/h6-9,18H,4-5,10-16H2,1-3H3,(H,22,25). The Bertz CT molecular complexity index is 594. The summed E-state index contributed by atoms with van der Waals surface area (Å²) >= 11 is 0. The third kappa shape index (κ3) is 4.38. The van der Waals surface area contributed by atoms with Gasteiger partial charge in [0.2, 0.25) is 5.91 Å². The Balaban J connectivity index is 1.56. The second kappa shape index (κ2) is 8.40. The Morgan fingerprint density at radius 1 is 1.27 bits per heavy atom. The maximum atomic E-state index is 12.5.